The van der Waals surface area contributed by atoms with E-state index < -0.39 is 11.7 Å². The van der Waals surface area contributed by atoms with Gasteiger partial charge < -0.3 is 10.2 Å². The molecule has 0 fully saturated rings. The Labute approximate surface area is 69.8 Å². The van der Waals surface area contributed by atoms with Crippen LogP contribution in [-0.4, -0.2) is 51.4 Å². The Hall–Kier alpha value is 1.21. The second-order valence-electron chi connectivity index (χ2n) is 1.11. The molecule has 0 aliphatic carbocycles. The van der Waals surface area contributed by atoms with Crippen LogP contribution < -0.4 is 0 Å². The third kappa shape index (κ3) is 7.21. The summed E-state index contributed by atoms with van der Waals surface area (Å²) in [5.41, 5.74) is -1.12. The van der Waals surface area contributed by atoms with Crippen LogP contribution >= 0.6 is 11.6 Å². The zero-order chi connectivity index (χ0) is 5.15. The smallest absolute Gasteiger partial charge is 0.153 e. The number of aliphatic hydroxyl groups is 2. The first-order chi connectivity index (χ1) is 2.64. The number of alkyl halides is 1. The predicted molar refractivity (Wildman–Crippen MR) is 29.3 cm³/mol. The van der Waals surface area contributed by atoms with Crippen molar-refractivity contribution in [2.45, 2.75) is 18.6 Å². The number of hydrogen-bond donors (Lipinski definition) is 2. The Balaban J connectivity index is 0. The first-order valence-corrected chi connectivity index (χ1v) is 2.08. The number of rotatable bonds is 1. The molecule has 1 radical (unpaired) electrons. The molecule has 0 bridgehead atoms. The van der Waals surface area contributed by atoms with Crippen molar-refractivity contribution in [3.05, 3.63) is 0 Å². The molecule has 0 amide bonds. The van der Waals surface area contributed by atoms with Gasteiger partial charge in [-0.1, -0.05) is 11.6 Å². The van der Waals surface area contributed by atoms with E-state index in [-0.39, 0.29) is 29.6 Å². The topological polar surface area (TPSA) is 40.5 Å². The Kier molecular flexibility index (Phi) is 8.46. The van der Waals surface area contributed by atoms with E-state index in [1.807, 2.05) is 0 Å². The molecule has 0 saturated carbocycles. The van der Waals surface area contributed by atoms with Crippen LogP contribution in [0, 0.1) is 0 Å². The minimum absolute atomic E-state index is 0. The second kappa shape index (κ2) is 5.35. The van der Waals surface area contributed by atoms with E-state index in [0.29, 0.717) is 0 Å². The van der Waals surface area contributed by atoms with Crippen molar-refractivity contribution in [2.24, 2.45) is 0 Å². The fraction of sp³-hybridized carbons (Fsp3) is 1.00. The monoisotopic (exact) mass is 133 g/mol. The molecule has 39 valence electrons. The quantitative estimate of drug-likeness (QED) is 0.376. The zero-order valence-corrected chi connectivity index (χ0v) is 7.18. The van der Waals surface area contributed by atoms with E-state index in [4.69, 9.17) is 21.8 Å². The molecular weight excluding hydrogens is 126 g/mol. The summed E-state index contributed by atoms with van der Waals surface area (Å²) in [5.74, 6) is 0. The Bertz CT molecular complexity index is 33.9. The van der Waals surface area contributed by atoms with Crippen molar-refractivity contribution in [1.29, 1.82) is 0 Å². The van der Waals surface area contributed by atoms with Crippen molar-refractivity contribution >= 4 is 41.2 Å². The van der Waals surface area contributed by atoms with Gasteiger partial charge in [-0.05, 0) is 6.92 Å². The van der Waals surface area contributed by atoms with Gasteiger partial charge in [0.25, 0.3) is 0 Å². The predicted octanol–water partition coefficient (Wildman–Crippen LogP) is -0.456. The van der Waals surface area contributed by atoms with Gasteiger partial charge in [0.2, 0.25) is 0 Å². The van der Waals surface area contributed by atoms with E-state index in [2.05, 4.69) is 0 Å². The zero-order valence-electron chi connectivity index (χ0n) is 4.43. The molecule has 0 heterocycles. The Morgan fingerprint density at radius 2 is 1.57 bits per heavy atom. The minimum Gasteiger partial charge on any atom is -0.389 e. The first kappa shape index (κ1) is 11.1. The van der Waals surface area contributed by atoms with Crippen LogP contribution in [0.4, 0.5) is 0 Å². The average molecular weight is 134 g/mol. The van der Waals surface area contributed by atoms with E-state index >= 15 is 0 Å². The molecule has 0 saturated heterocycles. The minimum atomic E-state index is -1.12. The van der Waals surface area contributed by atoms with Crippen molar-refractivity contribution in [1.82, 2.24) is 0 Å². The summed E-state index contributed by atoms with van der Waals surface area (Å²) in [6.07, 6.45) is -0.827. The molecule has 0 aromatic heterocycles. The summed E-state index contributed by atoms with van der Waals surface area (Å²) in [5, 5.41) is 16.4. The third-order valence-corrected chi connectivity index (χ3v) is 0.763. The molecule has 2 nitrogen and oxygen atoms in total. The molecule has 4 heteroatoms. The Morgan fingerprint density at radius 1 is 1.43 bits per heavy atom. The van der Waals surface area contributed by atoms with Gasteiger partial charge in [0.1, 0.15) is 0 Å². The molecule has 0 rings (SSSR count). The van der Waals surface area contributed by atoms with Crippen molar-refractivity contribution < 1.29 is 10.2 Å². The van der Waals surface area contributed by atoms with Crippen LogP contribution in [-0.2, 0) is 0 Å². The van der Waals surface area contributed by atoms with Gasteiger partial charge in [-0.2, -0.15) is 0 Å². The molecule has 2 N–H and O–H groups in total. The standard InChI is InChI=1S/C3H7ClO2.Na/c1-2(5)3(4)6;/h2-3,5-6H,1H3;. The van der Waals surface area contributed by atoms with Crippen molar-refractivity contribution in [3.8, 4) is 0 Å². The number of halogens is 1. The van der Waals surface area contributed by atoms with E-state index in [0.717, 1.165) is 0 Å². The molecule has 2 unspecified atom stereocenters. The summed E-state index contributed by atoms with van der Waals surface area (Å²) in [6, 6.07) is 0. The second-order valence-corrected chi connectivity index (χ2v) is 1.56. The van der Waals surface area contributed by atoms with E-state index in [1.54, 1.807) is 0 Å². The van der Waals surface area contributed by atoms with Crippen LogP contribution in [0.15, 0.2) is 0 Å². The fourth-order valence-corrected chi connectivity index (χ4v) is 0. The summed E-state index contributed by atoms with van der Waals surface area (Å²) in [4.78, 5) is 0. The van der Waals surface area contributed by atoms with Crippen LogP contribution in [0.5, 0.6) is 0 Å². The maximum absolute atomic E-state index is 8.25. The van der Waals surface area contributed by atoms with Crippen LogP contribution in [0.3, 0.4) is 0 Å². The summed E-state index contributed by atoms with van der Waals surface area (Å²) in [7, 11) is 0. The molecule has 2 atom stereocenters. The molecule has 0 spiro atoms. The molecule has 7 heavy (non-hydrogen) atoms. The van der Waals surface area contributed by atoms with Gasteiger partial charge in [-0.25, -0.2) is 0 Å². The van der Waals surface area contributed by atoms with Crippen molar-refractivity contribution in [3.63, 3.8) is 0 Å². The summed E-state index contributed by atoms with van der Waals surface area (Å²) in [6.45, 7) is 1.41. The van der Waals surface area contributed by atoms with Crippen LogP contribution in [0.2, 0.25) is 0 Å². The normalized spacial score (nSPS) is 17.1. The van der Waals surface area contributed by atoms with Gasteiger partial charge in [0, 0.05) is 29.6 Å². The summed E-state index contributed by atoms with van der Waals surface area (Å²) >= 11 is 4.92. The van der Waals surface area contributed by atoms with E-state index in [1.165, 1.54) is 6.92 Å². The Morgan fingerprint density at radius 3 is 1.57 bits per heavy atom. The van der Waals surface area contributed by atoms with Gasteiger partial charge >= 0.3 is 0 Å². The maximum atomic E-state index is 8.25. The number of aliphatic hydroxyl groups excluding tert-OH is 2. The first-order valence-electron chi connectivity index (χ1n) is 1.65. The summed E-state index contributed by atoms with van der Waals surface area (Å²) < 4.78 is 0. The number of hydrogen-bond acceptors (Lipinski definition) is 2. The molecule has 0 aliphatic heterocycles. The fourth-order valence-electron chi connectivity index (χ4n) is 0. The molecule has 0 aromatic carbocycles. The van der Waals surface area contributed by atoms with Gasteiger partial charge in [-0.3, -0.25) is 0 Å². The van der Waals surface area contributed by atoms with Gasteiger partial charge in [-0.15, -0.1) is 0 Å². The van der Waals surface area contributed by atoms with Crippen LogP contribution in [0.25, 0.3) is 0 Å². The maximum Gasteiger partial charge on any atom is 0.153 e. The molecular formula is C3H7ClNaO2. The van der Waals surface area contributed by atoms with Crippen molar-refractivity contribution in [2.75, 3.05) is 0 Å². The molecule has 0 aromatic rings. The SMILES string of the molecule is CC(O)C(O)Cl.[Na]. The molecule has 0 aliphatic rings. The average Bonchev–Trinajstić information content (AvgIpc) is 1.36. The third-order valence-electron chi connectivity index (χ3n) is 0.398. The van der Waals surface area contributed by atoms with E-state index in [9.17, 15) is 0 Å². The van der Waals surface area contributed by atoms with Gasteiger partial charge in [0.05, 0.1) is 6.10 Å². The largest absolute Gasteiger partial charge is 0.389 e. The van der Waals surface area contributed by atoms with Crippen LogP contribution in [0.1, 0.15) is 6.92 Å². The van der Waals surface area contributed by atoms with Gasteiger partial charge in [0.15, 0.2) is 5.56 Å².